The Morgan fingerprint density at radius 1 is 1.44 bits per heavy atom. The van der Waals surface area contributed by atoms with Crippen LogP contribution in [0.25, 0.3) is 0 Å². The highest BCUT2D eigenvalue weighted by atomic mass is 35.5. The van der Waals surface area contributed by atoms with Crippen LogP contribution in [0.1, 0.15) is 25.3 Å². The van der Waals surface area contributed by atoms with Crippen molar-refractivity contribution in [1.82, 2.24) is 4.98 Å². The molecule has 0 aliphatic carbocycles. The van der Waals surface area contributed by atoms with Crippen LogP contribution < -0.4 is 5.32 Å². The van der Waals surface area contributed by atoms with Crippen molar-refractivity contribution in [2.75, 3.05) is 5.32 Å². The second kappa shape index (κ2) is 5.75. The molecule has 0 bridgehead atoms. The number of anilines is 1. The summed E-state index contributed by atoms with van der Waals surface area (Å²) in [5.41, 5.74) is -1.45. The SMILES string of the molecule is CCCC(=O)Nc1c(Cl)ncc(C(F)(F)F)c1Cl. The van der Waals surface area contributed by atoms with Gasteiger partial charge in [-0.3, -0.25) is 4.79 Å². The Labute approximate surface area is 111 Å². The number of amides is 1. The van der Waals surface area contributed by atoms with Gasteiger partial charge >= 0.3 is 6.18 Å². The summed E-state index contributed by atoms with van der Waals surface area (Å²) in [6, 6.07) is 0. The maximum atomic E-state index is 12.6. The highest BCUT2D eigenvalue weighted by molar-refractivity contribution is 6.39. The van der Waals surface area contributed by atoms with Crippen LogP contribution in [0, 0.1) is 0 Å². The summed E-state index contributed by atoms with van der Waals surface area (Å²) in [5.74, 6) is -0.470. The Morgan fingerprint density at radius 2 is 2.06 bits per heavy atom. The third-order valence-corrected chi connectivity index (χ3v) is 2.70. The van der Waals surface area contributed by atoms with Crippen LogP contribution in [-0.4, -0.2) is 10.9 Å². The monoisotopic (exact) mass is 300 g/mol. The predicted molar refractivity (Wildman–Crippen MR) is 62.8 cm³/mol. The van der Waals surface area contributed by atoms with Gasteiger partial charge in [-0.05, 0) is 6.42 Å². The van der Waals surface area contributed by atoms with E-state index in [0.29, 0.717) is 12.6 Å². The molecule has 0 atom stereocenters. The van der Waals surface area contributed by atoms with Gasteiger partial charge in [-0.15, -0.1) is 0 Å². The summed E-state index contributed by atoms with van der Waals surface area (Å²) in [6.45, 7) is 1.76. The number of carbonyl (C=O) groups is 1. The first kappa shape index (κ1) is 15.0. The van der Waals surface area contributed by atoms with E-state index in [9.17, 15) is 18.0 Å². The Morgan fingerprint density at radius 3 is 2.56 bits per heavy atom. The van der Waals surface area contributed by atoms with Gasteiger partial charge in [-0.25, -0.2) is 4.98 Å². The third-order valence-electron chi connectivity index (χ3n) is 2.02. The molecule has 0 radical (unpaired) electrons. The van der Waals surface area contributed by atoms with Crippen LogP contribution in [-0.2, 0) is 11.0 Å². The molecule has 1 rings (SSSR count). The van der Waals surface area contributed by atoms with E-state index in [1.54, 1.807) is 6.92 Å². The Kier molecular flexibility index (Phi) is 4.81. The van der Waals surface area contributed by atoms with Crippen molar-refractivity contribution in [3.63, 3.8) is 0 Å². The first-order chi connectivity index (χ1) is 8.27. The lowest BCUT2D eigenvalue weighted by Gasteiger charge is -2.13. The molecule has 1 heterocycles. The zero-order valence-electron chi connectivity index (χ0n) is 9.24. The van der Waals surface area contributed by atoms with Crippen LogP contribution in [0.2, 0.25) is 10.2 Å². The molecule has 1 aromatic heterocycles. The first-order valence-electron chi connectivity index (χ1n) is 4.98. The quantitative estimate of drug-likeness (QED) is 0.852. The van der Waals surface area contributed by atoms with Gasteiger partial charge in [0.25, 0.3) is 0 Å². The third kappa shape index (κ3) is 3.49. The number of nitrogens with zero attached hydrogens (tertiary/aromatic N) is 1. The van der Waals surface area contributed by atoms with E-state index in [0.717, 1.165) is 0 Å². The molecule has 0 aliphatic rings. The lowest BCUT2D eigenvalue weighted by molar-refractivity contribution is -0.137. The van der Waals surface area contributed by atoms with Crippen molar-refractivity contribution in [1.29, 1.82) is 0 Å². The summed E-state index contributed by atoms with van der Waals surface area (Å²) >= 11 is 11.2. The van der Waals surface area contributed by atoms with Gasteiger partial charge in [0.2, 0.25) is 5.91 Å². The van der Waals surface area contributed by atoms with Gasteiger partial charge in [0.05, 0.1) is 16.3 Å². The van der Waals surface area contributed by atoms with Gasteiger partial charge < -0.3 is 5.32 Å². The molecule has 1 amide bonds. The molecular formula is C10H9Cl2F3N2O. The van der Waals surface area contributed by atoms with Crippen LogP contribution >= 0.6 is 23.2 Å². The van der Waals surface area contributed by atoms with Crippen LogP contribution in [0.15, 0.2) is 6.20 Å². The summed E-state index contributed by atoms with van der Waals surface area (Å²) in [6.07, 6.45) is -3.42. The zero-order valence-corrected chi connectivity index (χ0v) is 10.7. The molecule has 0 aromatic carbocycles. The minimum absolute atomic E-state index is 0.156. The van der Waals surface area contributed by atoms with Crippen molar-refractivity contribution in [2.45, 2.75) is 25.9 Å². The minimum atomic E-state index is -4.65. The van der Waals surface area contributed by atoms with Gasteiger partial charge in [0, 0.05) is 12.6 Å². The van der Waals surface area contributed by atoms with E-state index >= 15 is 0 Å². The number of pyridine rings is 1. The smallest absolute Gasteiger partial charge is 0.322 e. The average Bonchev–Trinajstić information content (AvgIpc) is 2.22. The van der Waals surface area contributed by atoms with Gasteiger partial charge in [-0.1, -0.05) is 30.1 Å². The maximum Gasteiger partial charge on any atom is 0.419 e. The molecule has 0 fully saturated rings. The van der Waals surface area contributed by atoms with Gasteiger partial charge in [0.15, 0.2) is 5.15 Å². The number of aromatic nitrogens is 1. The van der Waals surface area contributed by atoms with Crippen molar-refractivity contribution in [3.05, 3.63) is 21.9 Å². The second-order valence-electron chi connectivity index (χ2n) is 3.45. The summed E-state index contributed by atoms with van der Waals surface area (Å²) in [4.78, 5) is 14.7. The second-order valence-corrected chi connectivity index (χ2v) is 4.18. The van der Waals surface area contributed by atoms with Crippen molar-refractivity contribution in [2.24, 2.45) is 0 Å². The molecule has 8 heteroatoms. The van der Waals surface area contributed by atoms with Gasteiger partial charge in [-0.2, -0.15) is 13.2 Å². The molecule has 100 valence electrons. The molecular weight excluding hydrogens is 292 g/mol. The van der Waals surface area contributed by atoms with Gasteiger partial charge in [0.1, 0.15) is 0 Å². The number of hydrogen-bond donors (Lipinski definition) is 1. The molecule has 0 unspecified atom stereocenters. The van der Waals surface area contributed by atoms with Crippen LogP contribution in [0.5, 0.6) is 0 Å². The number of nitrogens with one attached hydrogen (secondary N) is 1. The highest BCUT2D eigenvalue weighted by Crippen LogP contribution is 2.40. The average molecular weight is 301 g/mol. The van der Waals surface area contributed by atoms with Crippen LogP contribution in [0.3, 0.4) is 0 Å². The molecule has 1 N–H and O–H groups in total. The largest absolute Gasteiger partial charge is 0.419 e. The summed E-state index contributed by atoms with van der Waals surface area (Å²) in [7, 11) is 0. The molecule has 0 saturated heterocycles. The van der Waals surface area contributed by atoms with E-state index in [-0.39, 0.29) is 17.3 Å². The number of alkyl halides is 3. The first-order valence-corrected chi connectivity index (χ1v) is 5.74. The lowest BCUT2D eigenvalue weighted by atomic mass is 10.2. The molecule has 0 spiro atoms. The topological polar surface area (TPSA) is 42.0 Å². The zero-order chi connectivity index (χ0) is 13.9. The molecule has 0 saturated carbocycles. The van der Waals surface area contributed by atoms with Crippen molar-refractivity contribution < 1.29 is 18.0 Å². The maximum absolute atomic E-state index is 12.6. The highest BCUT2D eigenvalue weighted by Gasteiger charge is 2.35. The number of halogens is 5. The fourth-order valence-electron chi connectivity index (χ4n) is 1.20. The Balaban J connectivity index is 3.15. The lowest BCUT2D eigenvalue weighted by Crippen LogP contribution is -2.14. The van der Waals surface area contributed by atoms with E-state index in [1.165, 1.54) is 0 Å². The van der Waals surface area contributed by atoms with E-state index in [4.69, 9.17) is 23.2 Å². The van der Waals surface area contributed by atoms with Crippen molar-refractivity contribution in [3.8, 4) is 0 Å². The number of carbonyl (C=O) groups excluding carboxylic acids is 1. The van der Waals surface area contributed by atoms with Crippen molar-refractivity contribution >= 4 is 34.8 Å². The normalized spacial score (nSPS) is 11.4. The fraction of sp³-hybridized carbons (Fsp3) is 0.400. The number of rotatable bonds is 3. The molecule has 0 aliphatic heterocycles. The molecule has 18 heavy (non-hydrogen) atoms. The predicted octanol–water partition coefficient (Wildman–Crippen LogP) is 4.15. The number of hydrogen-bond acceptors (Lipinski definition) is 2. The Bertz CT molecular complexity index is 463. The summed E-state index contributed by atoms with van der Waals surface area (Å²) in [5, 5.41) is 1.29. The van der Waals surface area contributed by atoms with E-state index < -0.39 is 22.7 Å². The molecule has 3 nitrogen and oxygen atoms in total. The van der Waals surface area contributed by atoms with E-state index in [1.807, 2.05) is 0 Å². The van der Waals surface area contributed by atoms with E-state index in [2.05, 4.69) is 10.3 Å². The molecule has 1 aromatic rings. The Hall–Kier alpha value is -1.01. The fourth-order valence-corrected chi connectivity index (χ4v) is 1.73. The van der Waals surface area contributed by atoms with Crippen LogP contribution in [0.4, 0.5) is 18.9 Å². The summed E-state index contributed by atoms with van der Waals surface area (Å²) < 4.78 is 37.7. The standard InChI is InChI=1S/C10H9Cl2F3N2O/c1-2-3-6(18)17-8-7(11)5(10(13,14)15)4-16-9(8)12/h4H,2-3H2,1H3,(H,17,18). The minimum Gasteiger partial charge on any atom is -0.322 e.